The Labute approximate surface area is 73.9 Å². The lowest BCUT2D eigenvalue weighted by atomic mass is 10.6. The number of amides is 1. The second kappa shape index (κ2) is 4.18. The van der Waals surface area contributed by atoms with Gasteiger partial charge in [0.2, 0.25) is 0 Å². The third-order valence-corrected chi connectivity index (χ3v) is 1.16. The molecule has 0 atom stereocenters. The Balaban J connectivity index is 2.55. The van der Waals surface area contributed by atoms with Crippen molar-refractivity contribution in [2.45, 2.75) is 6.54 Å². The highest BCUT2D eigenvalue weighted by molar-refractivity contribution is 5.74. The summed E-state index contributed by atoms with van der Waals surface area (Å²) in [6.45, 7) is -0.0253. The second-order valence-electron chi connectivity index (χ2n) is 2.11. The molecule has 1 rings (SSSR count). The number of rotatable bonds is 3. The van der Waals surface area contributed by atoms with E-state index in [9.17, 15) is 4.79 Å². The maximum absolute atomic E-state index is 10.9. The summed E-state index contributed by atoms with van der Waals surface area (Å²) in [5, 5.41) is 12.1. The number of carbonyl (C=O) groups excluding carboxylic acids is 1. The van der Waals surface area contributed by atoms with Gasteiger partial charge < -0.3 is 0 Å². The van der Waals surface area contributed by atoms with Crippen molar-refractivity contribution in [1.29, 1.82) is 5.26 Å². The van der Waals surface area contributed by atoms with Gasteiger partial charge >= 0.3 is 0 Å². The molecular formula is C6H7N5O2. The maximum Gasteiger partial charge on any atom is 0.265 e. The van der Waals surface area contributed by atoms with Crippen molar-refractivity contribution in [2.24, 2.45) is 0 Å². The van der Waals surface area contributed by atoms with Crippen molar-refractivity contribution < 1.29 is 9.63 Å². The second-order valence-corrected chi connectivity index (χ2v) is 2.11. The van der Waals surface area contributed by atoms with Crippen LogP contribution in [0.25, 0.3) is 0 Å². The van der Waals surface area contributed by atoms with Gasteiger partial charge in [-0.2, -0.15) is 5.26 Å². The van der Waals surface area contributed by atoms with E-state index < -0.39 is 0 Å². The molecule has 1 N–H and O–H groups in total. The zero-order valence-corrected chi connectivity index (χ0v) is 6.89. The average Bonchev–Trinajstić information content (AvgIpc) is 2.52. The molecule has 0 fully saturated rings. The van der Waals surface area contributed by atoms with Crippen LogP contribution in [0.15, 0.2) is 6.33 Å². The van der Waals surface area contributed by atoms with E-state index in [0.717, 1.165) is 0 Å². The molecule has 1 aromatic heterocycles. The predicted octanol–water partition coefficient (Wildman–Crippen LogP) is -1.17. The lowest BCUT2D eigenvalue weighted by Crippen LogP contribution is -2.26. The molecule has 0 radical (unpaired) electrons. The number of hydroxylamine groups is 1. The topological polar surface area (TPSA) is 92.8 Å². The van der Waals surface area contributed by atoms with Gasteiger partial charge in [-0.3, -0.25) is 9.63 Å². The number of aromatic nitrogens is 3. The summed E-state index contributed by atoms with van der Waals surface area (Å²) in [6.07, 6.45) is 1.30. The Morgan fingerprint density at radius 3 is 3.23 bits per heavy atom. The minimum atomic E-state index is -0.364. The van der Waals surface area contributed by atoms with Crippen molar-refractivity contribution in [1.82, 2.24) is 20.2 Å². The van der Waals surface area contributed by atoms with E-state index in [0.29, 0.717) is 0 Å². The van der Waals surface area contributed by atoms with Crippen molar-refractivity contribution in [3.63, 3.8) is 0 Å². The Bertz CT molecular complexity index is 339. The number of hydrogen-bond donors (Lipinski definition) is 1. The molecule has 1 amide bonds. The van der Waals surface area contributed by atoms with Gasteiger partial charge in [0.1, 0.15) is 18.9 Å². The quantitative estimate of drug-likeness (QED) is 0.593. The van der Waals surface area contributed by atoms with Gasteiger partial charge in [-0.25, -0.2) is 15.1 Å². The van der Waals surface area contributed by atoms with Crippen molar-refractivity contribution >= 4 is 5.91 Å². The lowest BCUT2D eigenvalue weighted by Gasteiger charge is -1.99. The standard InChI is InChI=1S/C6H7N5O2/c1-13-10-6(12)3-11-4-8-5(2-7)9-11/h4H,3H2,1H3,(H,10,12). The zero-order valence-electron chi connectivity index (χ0n) is 6.89. The highest BCUT2D eigenvalue weighted by atomic mass is 16.6. The van der Waals surface area contributed by atoms with Gasteiger partial charge in [-0.15, -0.1) is 5.10 Å². The molecule has 0 spiro atoms. The number of nitriles is 1. The highest BCUT2D eigenvalue weighted by Gasteiger charge is 2.04. The summed E-state index contributed by atoms with van der Waals surface area (Å²) in [4.78, 5) is 18.9. The lowest BCUT2D eigenvalue weighted by molar-refractivity contribution is -0.132. The monoisotopic (exact) mass is 181 g/mol. The summed E-state index contributed by atoms with van der Waals surface area (Å²) < 4.78 is 1.24. The molecule has 1 heterocycles. The van der Waals surface area contributed by atoms with Crippen LogP contribution in [0.3, 0.4) is 0 Å². The fraction of sp³-hybridized carbons (Fsp3) is 0.333. The highest BCUT2D eigenvalue weighted by Crippen LogP contribution is 1.86. The molecule has 0 unspecified atom stereocenters. The minimum Gasteiger partial charge on any atom is -0.277 e. The molecule has 13 heavy (non-hydrogen) atoms. The first-order valence-electron chi connectivity index (χ1n) is 3.37. The number of nitrogens with zero attached hydrogens (tertiary/aromatic N) is 4. The molecule has 0 saturated carbocycles. The summed E-state index contributed by atoms with van der Waals surface area (Å²) in [5.41, 5.74) is 2.11. The Hall–Kier alpha value is -1.94. The van der Waals surface area contributed by atoms with E-state index in [1.807, 2.05) is 0 Å². The third-order valence-electron chi connectivity index (χ3n) is 1.16. The van der Waals surface area contributed by atoms with Crippen molar-refractivity contribution in [3.05, 3.63) is 12.2 Å². The molecule has 0 aliphatic heterocycles. The predicted molar refractivity (Wildman–Crippen MR) is 39.9 cm³/mol. The van der Waals surface area contributed by atoms with Crippen LogP contribution in [0, 0.1) is 11.3 Å². The summed E-state index contributed by atoms with van der Waals surface area (Å²) >= 11 is 0. The first-order valence-corrected chi connectivity index (χ1v) is 3.37. The normalized spacial score (nSPS) is 9.23. The fourth-order valence-electron chi connectivity index (χ4n) is 0.715. The fourth-order valence-corrected chi connectivity index (χ4v) is 0.715. The molecule has 1 aromatic rings. The summed E-state index contributed by atoms with van der Waals surface area (Å²) in [7, 11) is 1.33. The van der Waals surface area contributed by atoms with Gasteiger partial charge in [0, 0.05) is 0 Å². The first-order chi connectivity index (χ1) is 6.26. The van der Waals surface area contributed by atoms with Crippen molar-refractivity contribution in [2.75, 3.05) is 7.11 Å². The first kappa shape index (κ1) is 9.15. The molecule has 7 heteroatoms. The number of carbonyl (C=O) groups is 1. The maximum atomic E-state index is 10.9. The Morgan fingerprint density at radius 2 is 2.69 bits per heavy atom. The van der Waals surface area contributed by atoms with E-state index in [-0.39, 0.29) is 18.3 Å². The zero-order chi connectivity index (χ0) is 9.68. The SMILES string of the molecule is CONC(=O)Cn1cnc(C#N)n1. The summed E-state index contributed by atoms with van der Waals surface area (Å²) in [6, 6.07) is 1.75. The summed E-state index contributed by atoms with van der Waals surface area (Å²) in [5.74, 6) is -0.331. The molecule has 7 nitrogen and oxygen atoms in total. The van der Waals surface area contributed by atoms with Gasteiger partial charge in [-0.05, 0) is 0 Å². The Kier molecular flexibility index (Phi) is 2.94. The average molecular weight is 181 g/mol. The molecule has 0 aliphatic rings. The van der Waals surface area contributed by atoms with Crippen LogP contribution in [0.4, 0.5) is 0 Å². The molecule has 0 aliphatic carbocycles. The van der Waals surface area contributed by atoms with E-state index in [1.54, 1.807) is 6.07 Å². The number of nitrogens with one attached hydrogen (secondary N) is 1. The van der Waals surface area contributed by atoms with Gasteiger partial charge in [0.05, 0.1) is 7.11 Å². The van der Waals surface area contributed by atoms with Crippen LogP contribution in [0.1, 0.15) is 5.82 Å². The van der Waals surface area contributed by atoms with E-state index >= 15 is 0 Å². The Morgan fingerprint density at radius 1 is 1.92 bits per heavy atom. The third kappa shape index (κ3) is 2.53. The number of hydrogen-bond acceptors (Lipinski definition) is 5. The largest absolute Gasteiger partial charge is 0.277 e. The molecule has 68 valence electrons. The smallest absolute Gasteiger partial charge is 0.265 e. The van der Waals surface area contributed by atoms with Gasteiger partial charge in [-0.1, -0.05) is 0 Å². The molecule has 0 aromatic carbocycles. The van der Waals surface area contributed by atoms with Crippen LogP contribution in [0.5, 0.6) is 0 Å². The van der Waals surface area contributed by atoms with Crippen molar-refractivity contribution in [3.8, 4) is 6.07 Å². The van der Waals surface area contributed by atoms with Gasteiger partial charge in [0.25, 0.3) is 11.7 Å². The van der Waals surface area contributed by atoms with Crippen LogP contribution in [-0.4, -0.2) is 27.8 Å². The molecule has 0 bridgehead atoms. The van der Waals surface area contributed by atoms with E-state index in [1.165, 1.54) is 18.1 Å². The van der Waals surface area contributed by atoms with Crippen LogP contribution in [0.2, 0.25) is 0 Å². The van der Waals surface area contributed by atoms with Crippen LogP contribution >= 0.6 is 0 Å². The van der Waals surface area contributed by atoms with E-state index in [4.69, 9.17) is 5.26 Å². The van der Waals surface area contributed by atoms with Gasteiger partial charge in [0.15, 0.2) is 0 Å². The minimum absolute atomic E-state index is 0.0253. The molecule has 0 saturated heterocycles. The van der Waals surface area contributed by atoms with E-state index in [2.05, 4.69) is 20.4 Å². The molecular weight excluding hydrogens is 174 g/mol. The van der Waals surface area contributed by atoms with Crippen LogP contribution in [-0.2, 0) is 16.2 Å². The van der Waals surface area contributed by atoms with Crippen LogP contribution < -0.4 is 5.48 Å².